The van der Waals surface area contributed by atoms with Crippen molar-refractivity contribution < 1.29 is 9.90 Å². The summed E-state index contributed by atoms with van der Waals surface area (Å²) in [5, 5.41) is 10.9. The van der Waals surface area contributed by atoms with Gasteiger partial charge in [0.05, 0.1) is 10.5 Å². The second-order valence-electron chi connectivity index (χ2n) is 5.27. The molecule has 0 saturated carbocycles. The fourth-order valence-corrected chi connectivity index (χ4v) is 3.32. The summed E-state index contributed by atoms with van der Waals surface area (Å²) in [6.07, 6.45) is 2.15. The summed E-state index contributed by atoms with van der Waals surface area (Å²) in [6.45, 7) is 2.02. The van der Waals surface area contributed by atoms with Crippen LogP contribution >= 0.6 is 11.6 Å². The maximum atomic E-state index is 11.8. The first-order chi connectivity index (χ1) is 9.54. The number of aromatic nitrogens is 1. The molecule has 1 aromatic heterocycles. The minimum atomic E-state index is -0.483. The maximum Gasteiger partial charge on any atom is 0.323 e. The number of fused-ring (bicyclic) bond motifs is 3. The van der Waals surface area contributed by atoms with Crippen LogP contribution in [-0.2, 0) is 12.8 Å². The molecule has 2 aromatic rings. The highest BCUT2D eigenvalue weighted by atomic mass is 35.5. The average molecular weight is 292 g/mol. The van der Waals surface area contributed by atoms with Gasteiger partial charge >= 0.3 is 6.03 Å². The fourth-order valence-electron chi connectivity index (χ4n) is 3.04. The second kappa shape index (κ2) is 4.79. The number of benzene rings is 1. The standard InChI is InChI=1S/C15H16ClN2O2/c1-8-2-4-12-13(14(8)16)10-6-9(7-19)3-5-11(10)18(12)15(17)20/h2,4,19H,3,5-7H2,1H3,(H2,17,20). The van der Waals surface area contributed by atoms with Crippen molar-refractivity contribution in [3.63, 3.8) is 0 Å². The number of nitrogens with two attached hydrogens (primary N) is 1. The van der Waals surface area contributed by atoms with Crippen LogP contribution in [0.15, 0.2) is 12.1 Å². The Labute approximate surface area is 122 Å². The van der Waals surface area contributed by atoms with E-state index < -0.39 is 6.03 Å². The summed E-state index contributed by atoms with van der Waals surface area (Å²) in [5.74, 6) is 1.07. The lowest BCUT2D eigenvalue weighted by molar-refractivity contribution is 0.250. The summed E-state index contributed by atoms with van der Waals surface area (Å²) < 4.78 is 1.56. The highest BCUT2D eigenvalue weighted by molar-refractivity contribution is 6.36. The molecule has 20 heavy (non-hydrogen) atoms. The van der Waals surface area contributed by atoms with Crippen LogP contribution in [0.3, 0.4) is 0 Å². The monoisotopic (exact) mass is 291 g/mol. The number of carbonyl (C=O) groups is 1. The van der Waals surface area contributed by atoms with E-state index in [2.05, 4.69) is 0 Å². The number of hydrogen-bond acceptors (Lipinski definition) is 2. The molecule has 3 N–H and O–H groups in total. The van der Waals surface area contributed by atoms with Crippen LogP contribution in [-0.4, -0.2) is 22.3 Å². The second-order valence-corrected chi connectivity index (χ2v) is 5.65. The third-order valence-electron chi connectivity index (χ3n) is 4.06. The molecule has 0 aliphatic heterocycles. The Morgan fingerprint density at radius 2 is 2.20 bits per heavy atom. The van der Waals surface area contributed by atoms with Gasteiger partial charge in [-0.1, -0.05) is 17.7 Å². The van der Waals surface area contributed by atoms with Gasteiger partial charge in [0.15, 0.2) is 0 Å². The summed E-state index contributed by atoms with van der Waals surface area (Å²) in [7, 11) is 0. The largest absolute Gasteiger partial charge is 0.396 e. The number of halogens is 1. The molecular formula is C15H16ClN2O2. The Balaban J connectivity index is 2.36. The lowest BCUT2D eigenvalue weighted by atomic mass is 9.86. The predicted octanol–water partition coefficient (Wildman–Crippen LogP) is 2.59. The van der Waals surface area contributed by atoms with Crippen LogP contribution in [0.25, 0.3) is 10.9 Å². The molecule has 1 aromatic carbocycles. The Hall–Kier alpha value is -1.52. The van der Waals surface area contributed by atoms with E-state index in [1.807, 2.05) is 19.1 Å². The number of amides is 1. The van der Waals surface area contributed by atoms with E-state index in [9.17, 15) is 9.90 Å². The zero-order valence-electron chi connectivity index (χ0n) is 11.2. The summed E-state index contributed by atoms with van der Waals surface area (Å²) in [5.41, 5.74) is 9.22. The number of aryl methyl sites for hydroxylation is 1. The van der Waals surface area contributed by atoms with Crippen molar-refractivity contribution in [1.82, 2.24) is 4.57 Å². The number of primary amides is 1. The molecule has 0 atom stereocenters. The number of carbonyl (C=O) groups excluding carboxylic acids is 1. The summed E-state index contributed by atoms with van der Waals surface area (Å²) in [6, 6.07) is 3.30. The third-order valence-corrected chi connectivity index (χ3v) is 4.55. The van der Waals surface area contributed by atoms with E-state index in [0.717, 1.165) is 40.1 Å². The molecule has 0 spiro atoms. The number of aliphatic hydroxyl groups excluding tert-OH is 1. The lowest BCUT2D eigenvalue weighted by Crippen LogP contribution is -2.24. The number of nitrogens with zero attached hydrogens (tertiary/aromatic N) is 1. The van der Waals surface area contributed by atoms with Gasteiger partial charge in [0.2, 0.25) is 0 Å². The van der Waals surface area contributed by atoms with Crippen LogP contribution in [0.4, 0.5) is 4.79 Å². The van der Waals surface area contributed by atoms with Gasteiger partial charge in [0.1, 0.15) is 0 Å². The molecule has 0 bridgehead atoms. The molecule has 0 saturated heterocycles. The van der Waals surface area contributed by atoms with E-state index in [0.29, 0.717) is 17.9 Å². The molecule has 1 aliphatic rings. The zero-order chi connectivity index (χ0) is 14.4. The fraction of sp³-hybridized carbons (Fsp3) is 0.333. The Kier molecular flexibility index (Phi) is 3.22. The molecule has 1 aliphatic carbocycles. The number of aliphatic hydroxyl groups is 1. The van der Waals surface area contributed by atoms with E-state index in [1.54, 1.807) is 4.57 Å². The van der Waals surface area contributed by atoms with Gasteiger partial charge < -0.3 is 10.8 Å². The molecule has 105 valence electrons. The van der Waals surface area contributed by atoms with Gasteiger partial charge in [-0.25, -0.2) is 4.79 Å². The topological polar surface area (TPSA) is 68.2 Å². The normalized spacial score (nSPS) is 15.6. The number of hydrogen-bond donors (Lipinski definition) is 2. The van der Waals surface area contributed by atoms with Gasteiger partial charge in [-0.2, -0.15) is 0 Å². The molecule has 5 heteroatoms. The SMILES string of the molecule is Cc1ccc2c(c1Cl)c1c(n2C(N)=O)CC[C](CO)C1. The molecule has 1 radical (unpaired) electrons. The van der Waals surface area contributed by atoms with Crippen LogP contribution < -0.4 is 5.73 Å². The minimum Gasteiger partial charge on any atom is -0.396 e. The Morgan fingerprint density at radius 3 is 2.85 bits per heavy atom. The number of rotatable bonds is 1. The first-order valence-corrected chi connectivity index (χ1v) is 6.98. The molecular weight excluding hydrogens is 276 g/mol. The van der Waals surface area contributed by atoms with E-state index >= 15 is 0 Å². The van der Waals surface area contributed by atoms with Crippen molar-refractivity contribution in [2.45, 2.75) is 26.2 Å². The van der Waals surface area contributed by atoms with Gasteiger partial charge in [-0.05, 0) is 43.4 Å². The van der Waals surface area contributed by atoms with Gasteiger partial charge in [-0.3, -0.25) is 4.57 Å². The minimum absolute atomic E-state index is 0.0755. The quantitative estimate of drug-likeness (QED) is 0.848. The van der Waals surface area contributed by atoms with Crippen molar-refractivity contribution in [2.75, 3.05) is 6.61 Å². The van der Waals surface area contributed by atoms with E-state index in [1.165, 1.54) is 0 Å². The van der Waals surface area contributed by atoms with E-state index in [4.69, 9.17) is 17.3 Å². The van der Waals surface area contributed by atoms with Gasteiger partial charge in [0.25, 0.3) is 0 Å². The summed E-state index contributed by atoms with van der Waals surface area (Å²) >= 11 is 6.43. The van der Waals surface area contributed by atoms with E-state index in [-0.39, 0.29) is 6.61 Å². The highest BCUT2D eigenvalue weighted by Crippen LogP contribution is 2.39. The maximum absolute atomic E-state index is 11.8. The molecule has 1 heterocycles. The zero-order valence-corrected chi connectivity index (χ0v) is 12.0. The molecule has 1 amide bonds. The van der Waals surface area contributed by atoms with Crippen molar-refractivity contribution >= 4 is 28.5 Å². The van der Waals surface area contributed by atoms with Crippen LogP contribution in [0.2, 0.25) is 5.02 Å². The van der Waals surface area contributed by atoms with Crippen molar-refractivity contribution in [3.05, 3.63) is 39.9 Å². The molecule has 0 fully saturated rings. The average Bonchev–Trinajstić information content (AvgIpc) is 2.76. The smallest absolute Gasteiger partial charge is 0.323 e. The van der Waals surface area contributed by atoms with Crippen molar-refractivity contribution in [1.29, 1.82) is 0 Å². The summed E-state index contributed by atoms with van der Waals surface area (Å²) in [4.78, 5) is 11.8. The Bertz CT molecular complexity index is 706. The molecule has 4 nitrogen and oxygen atoms in total. The van der Waals surface area contributed by atoms with Gasteiger partial charge in [-0.15, -0.1) is 0 Å². The van der Waals surface area contributed by atoms with Crippen molar-refractivity contribution in [2.24, 2.45) is 5.73 Å². The van der Waals surface area contributed by atoms with Crippen LogP contribution in [0, 0.1) is 12.8 Å². The van der Waals surface area contributed by atoms with Gasteiger partial charge in [0, 0.05) is 23.6 Å². The first kappa shape index (κ1) is 13.5. The van der Waals surface area contributed by atoms with Crippen LogP contribution in [0.1, 0.15) is 23.2 Å². The first-order valence-electron chi connectivity index (χ1n) is 6.60. The highest BCUT2D eigenvalue weighted by Gasteiger charge is 2.28. The lowest BCUT2D eigenvalue weighted by Gasteiger charge is -2.21. The van der Waals surface area contributed by atoms with Crippen molar-refractivity contribution in [3.8, 4) is 0 Å². The van der Waals surface area contributed by atoms with Crippen LogP contribution in [0.5, 0.6) is 0 Å². The third kappa shape index (κ3) is 1.83. The Morgan fingerprint density at radius 1 is 1.45 bits per heavy atom. The predicted molar refractivity (Wildman–Crippen MR) is 79.0 cm³/mol. The molecule has 3 rings (SSSR count). The molecule has 0 unspecified atom stereocenters.